The lowest BCUT2D eigenvalue weighted by Crippen LogP contribution is -2.04. The van der Waals surface area contributed by atoms with E-state index < -0.39 is 9.84 Å². The number of rotatable bonds is 5. The molecular formula is C20H17N3O2S. The highest BCUT2D eigenvalue weighted by Crippen LogP contribution is 2.24. The molecule has 26 heavy (non-hydrogen) atoms. The Morgan fingerprint density at radius 3 is 2.35 bits per heavy atom. The van der Waals surface area contributed by atoms with Crippen LogP contribution in [0.2, 0.25) is 0 Å². The van der Waals surface area contributed by atoms with Crippen molar-refractivity contribution in [3.63, 3.8) is 0 Å². The molecule has 0 fully saturated rings. The third-order valence-electron chi connectivity index (χ3n) is 4.02. The average molecular weight is 363 g/mol. The van der Waals surface area contributed by atoms with Gasteiger partial charge in [0.05, 0.1) is 10.6 Å². The van der Waals surface area contributed by atoms with Crippen molar-refractivity contribution >= 4 is 15.9 Å². The summed E-state index contributed by atoms with van der Waals surface area (Å²) in [5, 5.41) is 16.6. The molecule has 0 radical (unpaired) electrons. The van der Waals surface area contributed by atoms with Crippen LogP contribution in [0, 0.1) is 18.3 Å². The van der Waals surface area contributed by atoms with Crippen LogP contribution in [0.5, 0.6) is 0 Å². The summed E-state index contributed by atoms with van der Waals surface area (Å²) in [6.07, 6.45) is 1.94. The van der Waals surface area contributed by atoms with Crippen LogP contribution in [-0.4, -0.2) is 18.6 Å². The summed E-state index contributed by atoms with van der Waals surface area (Å²) in [5.74, 6) is 0. The summed E-state index contributed by atoms with van der Waals surface area (Å²) in [6.45, 7) is 1.80. The number of nitrogens with one attached hydrogen (secondary N) is 1. The number of allylic oxidation sites excluding steroid dienone is 1. The van der Waals surface area contributed by atoms with Crippen molar-refractivity contribution in [1.82, 2.24) is 10.2 Å². The molecule has 1 N–H and O–H groups in total. The van der Waals surface area contributed by atoms with Crippen LogP contribution in [0.4, 0.5) is 0 Å². The molecule has 0 unspecified atom stereocenters. The highest BCUT2D eigenvalue weighted by Gasteiger charge is 2.22. The third kappa shape index (κ3) is 3.58. The minimum atomic E-state index is -3.88. The van der Waals surface area contributed by atoms with Gasteiger partial charge in [-0.05, 0) is 30.7 Å². The maximum atomic E-state index is 12.7. The lowest BCUT2D eigenvalue weighted by molar-refractivity contribution is 0.603. The van der Waals surface area contributed by atoms with E-state index in [9.17, 15) is 13.7 Å². The van der Waals surface area contributed by atoms with Gasteiger partial charge in [-0.2, -0.15) is 10.4 Å². The molecule has 0 aliphatic rings. The molecule has 0 bridgehead atoms. The third-order valence-corrected chi connectivity index (χ3v) is 5.70. The van der Waals surface area contributed by atoms with Gasteiger partial charge in [0.2, 0.25) is 9.84 Å². The number of nitrogens with zero attached hydrogens (tertiary/aromatic N) is 2. The number of aryl methyl sites for hydroxylation is 1. The minimum absolute atomic E-state index is 0.0959. The normalized spacial score (nSPS) is 11.9. The first kappa shape index (κ1) is 17.6. The lowest BCUT2D eigenvalue weighted by Gasteiger charge is -2.04. The quantitative estimate of drug-likeness (QED) is 0.701. The van der Waals surface area contributed by atoms with Gasteiger partial charge in [-0.3, -0.25) is 5.10 Å². The number of aromatic amines is 1. The molecule has 0 aliphatic heterocycles. The molecule has 0 spiro atoms. The summed E-state index contributed by atoms with van der Waals surface area (Å²) >= 11 is 0. The van der Waals surface area contributed by atoms with Gasteiger partial charge in [0.1, 0.15) is 11.0 Å². The van der Waals surface area contributed by atoms with Crippen LogP contribution in [-0.2, 0) is 16.3 Å². The first-order chi connectivity index (χ1) is 12.5. The molecular weight excluding hydrogens is 346 g/mol. The van der Waals surface area contributed by atoms with Crippen molar-refractivity contribution in [1.29, 1.82) is 5.26 Å². The summed E-state index contributed by atoms with van der Waals surface area (Å²) in [5.41, 5.74) is 3.10. The van der Waals surface area contributed by atoms with E-state index >= 15 is 0 Å². The zero-order chi connectivity index (χ0) is 18.6. The number of aromatic nitrogens is 2. The second kappa shape index (κ2) is 7.38. The summed E-state index contributed by atoms with van der Waals surface area (Å²) in [7, 11) is -3.88. The first-order valence-corrected chi connectivity index (χ1v) is 9.50. The monoisotopic (exact) mass is 363 g/mol. The van der Waals surface area contributed by atoms with Crippen molar-refractivity contribution < 1.29 is 8.42 Å². The molecule has 0 saturated carbocycles. The van der Waals surface area contributed by atoms with E-state index in [-0.39, 0.29) is 9.80 Å². The van der Waals surface area contributed by atoms with Gasteiger partial charge in [-0.1, -0.05) is 48.5 Å². The Hall–Kier alpha value is -3.17. The number of sulfone groups is 1. The molecule has 1 aromatic heterocycles. The van der Waals surface area contributed by atoms with Crippen LogP contribution >= 0.6 is 0 Å². The molecule has 3 rings (SSSR count). The second-order valence-electron chi connectivity index (χ2n) is 5.81. The zero-order valence-corrected chi connectivity index (χ0v) is 15.0. The standard InChI is InChI=1S/C20H17N3O2S/c1-15-19(20(23-22-15)12-16-8-4-2-5-9-16)13-18(14-21)26(24,25)17-10-6-3-7-11-17/h2-11,13H,12H2,1H3,(H,22,23)/b18-13+. The van der Waals surface area contributed by atoms with Gasteiger partial charge in [-0.25, -0.2) is 8.42 Å². The van der Waals surface area contributed by atoms with E-state index in [4.69, 9.17) is 0 Å². The SMILES string of the molecule is Cc1[nH]nc(Cc2ccccc2)c1/C=C(\C#N)S(=O)(=O)c1ccccc1. The Bertz CT molecular complexity index is 1080. The van der Waals surface area contributed by atoms with Crippen LogP contribution in [0.15, 0.2) is 70.5 Å². The van der Waals surface area contributed by atoms with Crippen molar-refractivity contribution in [3.05, 3.63) is 88.1 Å². The molecule has 0 aliphatic carbocycles. The van der Waals surface area contributed by atoms with Crippen molar-refractivity contribution in [3.8, 4) is 6.07 Å². The van der Waals surface area contributed by atoms with Gasteiger partial charge in [0.25, 0.3) is 0 Å². The van der Waals surface area contributed by atoms with Crippen molar-refractivity contribution in [2.24, 2.45) is 0 Å². The Kier molecular flexibility index (Phi) is 5.01. The lowest BCUT2D eigenvalue weighted by atomic mass is 10.1. The molecule has 2 aromatic carbocycles. The Morgan fingerprint density at radius 2 is 1.73 bits per heavy atom. The number of hydrogen-bond donors (Lipinski definition) is 1. The predicted molar refractivity (Wildman–Crippen MR) is 99.8 cm³/mol. The Morgan fingerprint density at radius 1 is 1.12 bits per heavy atom. The van der Waals surface area contributed by atoms with E-state index in [1.807, 2.05) is 36.4 Å². The van der Waals surface area contributed by atoms with Gasteiger partial charge in [-0.15, -0.1) is 0 Å². The summed E-state index contributed by atoms with van der Waals surface area (Å²) < 4.78 is 25.5. The van der Waals surface area contributed by atoms with Crippen molar-refractivity contribution in [2.45, 2.75) is 18.2 Å². The van der Waals surface area contributed by atoms with Gasteiger partial charge in [0, 0.05) is 17.7 Å². The van der Waals surface area contributed by atoms with Crippen LogP contribution in [0.3, 0.4) is 0 Å². The number of hydrogen-bond acceptors (Lipinski definition) is 4. The van der Waals surface area contributed by atoms with E-state index in [0.717, 1.165) is 5.56 Å². The summed E-state index contributed by atoms with van der Waals surface area (Å²) in [4.78, 5) is -0.207. The average Bonchev–Trinajstić information content (AvgIpc) is 3.00. The van der Waals surface area contributed by atoms with Gasteiger partial charge < -0.3 is 0 Å². The molecule has 3 aromatic rings. The summed E-state index contributed by atoms with van der Waals surface area (Å²) in [6, 6.07) is 19.5. The Balaban J connectivity index is 2.03. The van der Waals surface area contributed by atoms with E-state index in [0.29, 0.717) is 23.4 Å². The maximum absolute atomic E-state index is 12.7. The topological polar surface area (TPSA) is 86.6 Å². The van der Waals surface area contributed by atoms with Gasteiger partial charge >= 0.3 is 0 Å². The van der Waals surface area contributed by atoms with Crippen molar-refractivity contribution in [2.75, 3.05) is 0 Å². The van der Waals surface area contributed by atoms with E-state index in [2.05, 4.69) is 10.2 Å². The minimum Gasteiger partial charge on any atom is -0.282 e. The fraction of sp³-hybridized carbons (Fsp3) is 0.100. The molecule has 6 heteroatoms. The number of H-pyrrole nitrogens is 1. The molecule has 5 nitrogen and oxygen atoms in total. The largest absolute Gasteiger partial charge is 0.282 e. The predicted octanol–water partition coefficient (Wildman–Crippen LogP) is 3.65. The zero-order valence-electron chi connectivity index (χ0n) is 14.2. The van der Waals surface area contributed by atoms with Gasteiger partial charge in [0.15, 0.2) is 0 Å². The Labute approximate surface area is 152 Å². The molecule has 0 saturated heterocycles. The number of benzene rings is 2. The van der Waals surface area contributed by atoms with E-state index in [1.54, 1.807) is 25.1 Å². The van der Waals surface area contributed by atoms with Crippen LogP contribution in [0.25, 0.3) is 6.08 Å². The maximum Gasteiger partial charge on any atom is 0.216 e. The van der Waals surface area contributed by atoms with Crippen LogP contribution < -0.4 is 0 Å². The fourth-order valence-electron chi connectivity index (χ4n) is 2.63. The molecule has 0 atom stereocenters. The molecule has 130 valence electrons. The molecule has 1 heterocycles. The first-order valence-electron chi connectivity index (χ1n) is 8.02. The fourth-order valence-corrected chi connectivity index (χ4v) is 3.79. The highest BCUT2D eigenvalue weighted by molar-refractivity contribution is 7.95. The van der Waals surface area contributed by atoms with Crippen LogP contribution in [0.1, 0.15) is 22.5 Å². The van der Waals surface area contributed by atoms with E-state index in [1.165, 1.54) is 18.2 Å². The molecule has 0 amide bonds. The number of nitriles is 1. The smallest absolute Gasteiger partial charge is 0.216 e. The second-order valence-corrected chi connectivity index (χ2v) is 7.73. The highest BCUT2D eigenvalue weighted by atomic mass is 32.2.